The average molecular weight is 237 g/mol. The predicted molar refractivity (Wildman–Crippen MR) is 65.6 cm³/mol. The second-order valence-electron chi connectivity index (χ2n) is 5.96. The van der Waals surface area contributed by atoms with Crippen molar-refractivity contribution in [1.29, 1.82) is 0 Å². The third-order valence-electron chi connectivity index (χ3n) is 4.95. The summed E-state index contributed by atoms with van der Waals surface area (Å²) in [6, 6.07) is 0.398. The summed E-state index contributed by atoms with van der Waals surface area (Å²) in [6.45, 7) is 2.87. The van der Waals surface area contributed by atoms with Crippen LogP contribution in [0.25, 0.3) is 0 Å². The number of nitrogens with one attached hydrogen (secondary N) is 1. The number of amides is 1. The largest absolute Gasteiger partial charge is 0.378 e. The van der Waals surface area contributed by atoms with E-state index in [-0.39, 0.29) is 0 Å². The van der Waals surface area contributed by atoms with E-state index in [1.165, 1.54) is 25.7 Å². The Labute approximate surface area is 103 Å². The zero-order valence-electron chi connectivity index (χ0n) is 10.7. The Morgan fingerprint density at radius 3 is 2.65 bits per heavy atom. The SMILES string of the molecule is CCOC1CC(NC(=O)C2CC2)C12CCCC2. The van der Waals surface area contributed by atoms with E-state index in [9.17, 15) is 4.79 Å². The lowest BCUT2D eigenvalue weighted by molar-refractivity contribution is -0.144. The second kappa shape index (κ2) is 4.27. The Balaban J connectivity index is 1.63. The lowest BCUT2D eigenvalue weighted by atomic mass is 9.60. The van der Waals surface area contributed by atoms with Gasteiger partial charge in [0, 0.05) is 24.0 Å². The van der Waals surface area contributed by atoms with Gasteiger partial charge in [0.15, 0.2) is 0 Å². The molecule has 0 heterocycles. The zero-order chi connectivity index (χ0) is 11.9. The van der Waals surface area contributed by atoms with E-state index in [0.29, 0.717) is 29.4 Å². The summed E-state index contributed by atoms with van der Waals surface area (Å²) in [6.07, 6.45) is 8.73. The summed E-state index contributed by atoms with van der Waals surface area (Å²) < 4.78 is 5.85. The maximum atomic E-state index is 11.9. The highest BCUT2D eigenvalue weighted by atomic mass is 16.5. The number of hydrogen-bond acceptors (Lipinski definition) is 2. The van der Waals surface area contributed by atoms with Gasteiger partial charge in [-0.1, -0.05) is 12.8 Å². The van der Waals surface area contributed by atoms with Crippen LogP contribution in [-0.4, -0.2) is 24.7 Å². The second-order valence-corrected chi connectivity index (χ2v) is 5.96. The molecule has 0 radical (unpaired) electrons. The average Bonchev–Trinajstić information content (AvgIpc) is 3.04. The van der Waals surface area contributed by atoms with Gasteiger partial charge < -0.3 is 10.1 Å². The molecule has 2 unspecified atom stereocenters. The summed E-state index contributed by atoms with van der Waals surface area (Å²) in [5, 5.41) is 3.28. The fourth-order valence-corrected chi connectivity index (χ4v) is 3.72. The van der Waals surface area contributed by atoms with Gasteiger partial charge in [0.1, 0.15) is 0 Å². The van der Waals surface area contributed by atoms with Crippen LogP contribution in [0.1, 0.15) is 51.9 Å². The van der Waals surface area contributed by atoms with Crippen molar-refractivity contribution in [2.75, 3.05) is 6.61 Å². The summed E-state index contributed by atoms with van der Waals surface area (Å²) in [5.74, 6) is 0.635. The monoisotopic (exact) mass is 237 g/mol. The van der Waals surface area contributed by atoms with Crippen LogP contribution in [0.15, 0.2) is 0 Å². The third kappa shape index (κ3) is 1.88. The molecule has 3 fully saturated rings. The van der Waals surface area contributed by atoms with E-state index in [2.05, 4.69) is 12.2 Å². The molecule has 0 aromatic rings. The van der Waals surface area contributed by atoms with E-state index in [0.717, 1.165) is 25.9 Å². The number of ether oxygens (including phenoxy) is 1. The molecule has 0 aromatic carbocycles. The molecule has 0 aliphatic heterocycles. The van der Waals surface area contributed by atoms with Gasteiger partial charge in [-0.3, -0.25) is 4.79 Å². The fourth-order valence-electron chi connectivity index (χ4n) is 3.72. The molecule has 2 atom stereocenters. The maximum absolute atomic E-state index is 11.9. The summed E-state index contributed by atoms with van der Waals surface area (Å²) in [7, 11) is 0. The van der Waals surface area contributed by atoms with Gasteiger partial charge in [-0.15, -0.1) is 0 Å². The van der Waals surface area contributed by atoms with Crippen LogP contribution in [0.3, 0.4) is 0 Å². The Morgan fingerprint density at radius 2 is 2.06 bits per heavy atom. The number of hydrogen-bond donors (Lipinski definition) is 1. The first-order valence-electron chi connectivity index (χ1n) is 7.18. The summed E-state index contributed by atoms with van der Waals surface area (Å²) in [4.78, 5) is 11.9. The van der Waals surface area contributed by atoms with Crippen molar-refractivity contribution in [3.63, 3.8) is 0 Å². The van der Waals surface area contributed by atoms with E-state index in [1.54, 1.807) is 0 Å². The van der Waals surface area contributed by atoms with E-state index in [4.69, 9.17) is 4.74 Å². The third-order valence-corrected chi connectivity index (χ3v) is 4.95. The van der Waals surface area contributed by atoms with Crippen LogP contribution >= 0.6 is 0 Å². The van der Waals surface area contributed by atoms with Crippen molar-refractivity contribution in [2.24, 2.45) is 11.3 Å². The first-order chi connectivity index (χ1) is 8.26. The molecule has 96 valence electrons. The van der Waals surface area contributed by atoms with Crippen LogP contribution in [0.2, 0.25) is 0 Å². The number of carbonyl (C=O) groups excluding carboxylic acids is 1. The van der Waals surface area contributed by atoms with Gasteiger partial charge >= 0.3 is 0 Å². The normalized spacial score (nSPS) is 34.6. The Morgan fingerprint density at radius 1 is 1.35 bits per heavy atom. The van der Waals surface area contributed by atoms with Gasteiger partial charge in [-0.2, -0.15) is 0 Å². The van der Waals surface area contributed by atoms with E-state index in [1.807, 2.05) is 0 Å². The van der Waals surface area contributed by atoms with Gasteiger partial charge in [-0.25, -0.2) is 0 Å². The molecule has 3 saturated carbocycles. The highest BCUT2D eigenvalue weighted by molar-refractivity contribution is 5.81. The van der Waals surface area contributed by atoms with Crippen LogP contribution < -0.4 is 5.32 Å². The van der Waals surface area contributed by atoms with Gasteiger partial charge in [0.2, 0.25) is 5.91 Å². The smallest absolute Gasteiger partial charge is 0.223 e. The molecule has 0 saturated heterocycles. The molecule has 3 heteroatoms. The molecule has 3 aliphatic rings. The molecular weight excluding hydrogens is 214 g/mol. The van der Waals surface area contributed by atoms with Crippen LogP contribution in [0, 0.1) is 11.3 Å². The van der Waals surface area contributed by atoms with Gasteiger partial charge in [-0.05, 0) is 39.0 Å². The minimum Gasteiger partial charge on any atom is -0.378 e. The quantitative estimate of drug-likeness (QED) is 0.814. The lowest BCUT2D eigenvalue weighted by Crippen LogP contribution is -2.63. The van der Waals surface area contributed by atoms with E-state index < -0.39 is 0 Å². The van der Waals surface area contributed by atoms with Crippen LogP contribution in [0.4, 0.5) is 0 Å². The Kier molecular flexibility index (Phi) is 2.89. The van der Waals surface area contributed by atoms with Crippen LogP contribution in [-0.2, 0) is 9.53 Å². The van der Waals surface area contributed by atoms with E-state index >= 15 is 0 Å². The number of carbonyl (C=O) groups is 1. The minimum absolute atomic E-state index is 0.292. The van der Waals surface area contributed by atoms with Gasteiger partial charge in [0.05, 0.1) is 6.10 Å². The van der Waals surface area contributed by atoms with Crippen molar-refractivity contribution >= 4 is 5.91 Å². The van der Waals surface area contributed by atoms with Crippen molar-refractivity contribution in [3.05, 3.63) is 0 Å². The highest BCUT2D eigenvalue weighted by Gasteiger charge is 2.57. The molecule has 0 bridgehead atoms. The molecule has 1 N–H and O–H groups in total. The molecule has 3 rings (SSSR count). The first kappa shape index (κ1) is 11.5. The molecule has 0 aromatic heterocycles. The molecule has 3 aliphatic carbocycles. The lowest BCUT2D eigenvalue weighted by Gasteiger charge is -2.54. The van der Waals surface area contributed by atoms with Crippen molar-refractivity contribution in [1.82, 2.24) is 5.32 Å². The minimum atomic E-state index is 0.292. The number of rotatable bonds is 4. The fraction of sp³-hybridized carbons (Fsp3) is 0.929. The van der Waals surface area contributed by atoms with Crippen molar-refractivity contribution in [3.8, 4) is 0 Å². The standard InChI is InChI=1S/C14H23NO2/c1-2-17-12-9-11(14(12)7-3-4-8-14)15-13(16)10-5-6-10/h10-12H,2-9H2,1H3,(H,15,16). The Hall–Kier alpha value is -0.570. The topological polar surface area (TPSA) is 38.3 Å². The molecule has 3 nitrogen and oxygen atoms in total. The van der Waals surface area contributed by atoms with Crippen molar-refractivity contribution in [2.45, 2.75) is 64.0 Å². The molecular formula is C14H23NO2. The van der Waals surface area contributed by atoms with Crippen molar-refractivity contribution < 1.29 is 9.53 Å². The van der Waals surface area contributed by atoms with Crippen LogP contribution in [0.5, 0.6) is 0 Å². The maximum Gasteiger partial charge on any atom is 0.223 e. The van der Waals surface area contributed by atoms with Gasteiger partial charge in [0.25, 0.3) is 0 Å². The zero-order valence-corrected chi connectivity index (χ0v) is 10.7. The molecule has 1 amide bonds. The first-order valence-corrected chi connectivity index (χ1v) is 7.18. The Bertz CT molecular complexity index is 305. The molecule has 1 spiro atoms. The summed E-state index contributed by atoms with van der Waals surface area (Å²) >= 11 is 0. The highest BCUT2D eigenvalue weighted by Crippen LogP contribution is 2.54. The summed E-state index contributed by atoms with van der Waals surface area (Å²) in [5.41, 5.74) is 0.292. The molecule has 17 heavy (non-hydrogen) atoms. The predicted octanol–water partition coefficient (Wildman–Crippen LogP) is 2.25.